The maximum atomic E-state index is 9.88. The Morgan fingerprint density at radius 2 is 1.96 bits per heavy atom. The van der Waals surface area contributed by atoms with E-state index in [0.29, 0.717) is 21.2 Å². The molecule has 146 valence electrons. The Morgan fingerprint density at radius 1 is 1.26 bits per heavy atom. The van der Waals surface area contributed by atoms with Crippen molar-refractivity contribution >= 4 is 40.8 Å². The number of halogens is 2. The number of aromatic nitrogens is 3. The quantitative estimate of drug-likeness (QED) is 0.667. The predicted molar refractivity (Wildman–Crippen MR) is 111 cm³/mol. The number of hydrogen-bond donors (Lipinski definition) is 1. The van der Waals surface area contributed by atoms with E-state index in [9.17, 15) is 5.11 Å². The SMILES string of the molecule is CCC1(C)CCN(c2nc(C)c(Sc3ccnc(Cl)c3Cl)nc2CO)CC1. The van der Waals surface area contributed by atoms with Crippen LogP contribution in [0.1, 0.15) is 44.5 Å². The lowest BCUT2D eigenvalue weighted by atomic mass is 9.78. The van der Waals surface area contributed by atoms with E-state index in [1.54, 1.807) is 12.3 Å². The van der Waals surface area contributed by atoms with Crippen LogP contribution in [-0.4, -0.2) is 33.1 Å². The molecular formula is C19H24Cl2N4OS. The van der Waals surface area contributed by atoms with Gasteiger partial charge in [0.15, 0.2) is 5.82 Å². The zero-order valence-electron chi connectivity index (χ0n) is 15.8. The summed E-state index contributed by atoms with van der Waals surface area (Å²) < 4.78 is 0. The minimum Gasteiger partial charge on any atom is -0.390 e. The standard InChI is InChI=1S/C19H24Cl2N4OS/c1-4-19(3)6-9-25(10-7-19)17-13(11-26)24-18(12(2)23-17)27-14-5-8-22-16(21)15(14)20/h5,8,26H,4,6-7,9-11H2,1-3H3. The van der Waals surface area contributed by atoms with Crippen LogP contribution in [0.25, 0.3) is 0 Å². The van der Waals surface area contributed by atoms with Crippen molar-refractivity contribution in [1.29, 1.82) is 0 Å². The summed E-state index contributed by atoms with van der Waals surface area (Å²) >= 11 is 13.6. The lowest BCUT2D eigenvalue weighted by molar-refractivity contribution is 0.236. The topological polar surface area (TPSA) is 62.1 Å². The van der Waals surface area contributed by atoms with Crippen molar-refractivity contribution in [3.63, 3.8) is 0 Å². The van der Waals surface area contributed by atoms with Crippen LogP contribution in [0.5, 0.6) is 0 Å². The number of piperidine rings is 1. The number of aliphatic hydroxyl groups is 1. The Hall–Kier alpha value is -1.08. The van der Waals surface area contributed by atoms with Crippen LogP contribution in [0.3, 0.4) is 0 Å². The molecule has 3 heterocycles. The molecule has 2 aromatic heterocycles. The van der Waals surface area contributed by atoms with Crippen LogP contribution >= 0.6 is 35.0 Å². The minimum absolute atomic E-state index is 0.150. The Labute approximate surface area is 174 Å². The summed E-state index contributed by atoms with van der Waals surface area (Å²) in [4.78, 5) is 16.4. The van der Waals surface area contributed by atoms with Gasteiger partial charge in [-0.2, -0.15) is 0 Å². The number of nitrogens with zero attached hydrogens (tertiary/aromatic N) is 4. The molecular weight excluding hydrogens is 403 g/mol. The van der Waals surface area contributed by atoms with Gasteiger partial charge in [-0.25, -0.2) is 15.0 Å². The second kappa shape index (κ2) is 8.52. The first kappa shape index (κ1) is 20.6. The normalized spacial score (nSPS) is 16.6. The lowest BCUT2D eigenvalue weighted by Crippen LogP contribution is -2.39. The van der Waals surface area contributed by atoms with Gasteiger partial charge in [0, 0.05) is 24.2 Å². The fraction of sp³-hybridized carbons (Fsp3) is 0.526. The molecule has 5 nitrogen and oxygen atoms in total. The van der Waals surface area contributed by atoms with E-state index >= 15 is 0 Å². The van der Waals surface area contributed by atoms with E-state index in [0.717, 1.165) is 42.3 Å². The van der Waals surface area contributed by atoms with Gasteiger partial charge in [0.2, 0.25) is 0 Å². The summed E-state index contributed by atoms with van der Waals surface area (Å²) in [6.45, 7) is 8.24. The van der Waals surface area contributed by atoms with E-state index in [4.69, 9.17) is 28.2 Å². The second-order valence-corrected chi connectivity index (χ2v) is 8.98. The van der Waals surface area contributed by atoms with Crippen LogP contribution in [0.2, 0.25) is 10.2 Å². The van der Waals surface area contributed by atoms with Gasteiger partial charge in [-0.1, -0.05) is 55.2 Å². The van der Waals surface area contributed by atoms with Crippen molar-refractivity contribution in [1.82, 2.24) is 15.0 Å². The summed E-state index contributed by atoms with van der Waals surface area (Å²) in [5.74, 6) is 0.788. The third-order valence-corrected chi connectivity index (χ3v) is 7.39. The molecule has 1 saturated heterocycles. The Kier molecular flexibility index (Phi) is 6.51. The van der Waals surface area contributed by atoms with Crippen molar-refractivity contribution in [2.24, 2.45) is 5.41 Å². The van der Waals surface area contributed by atoms with Crippen LogP contribution < -0.4 is 4.90 Å². The molecule has 1 aliphatic heterocycles. The smallest absolute Gasteiger partial charge is 0.153 e. The first-order valence-electron chi connectivity index (χ1n) is 9.08. The van der Waals surface area contributed by atoms with Gasteiger partial charge in [0.25, 0.3) is 0 Å². The molecule has 0 saturated carbocycles. The van der Waals surface area contributed by atoms with Gasteiger partial charge in [-0.05, 0) is 31.2 Å². The summed E-state index contributed by atoms with van der Waals surface area (Å²) in [5, 5.41) is 11.3. The van der Waals surface area contributed by atoms with Gasteiger partial charge in [0.1, 0.15) is 15.9 Å². The number of pyridine rings is 1. The summed E-state index contributed by atoms with van der Waals surface area (Å²) in [6.07, 6.45) is 5.04. The second-order valence-electron chi connectivity index (χ2n) is 7.21. The molecule has 0 aliphatic carbocycles. The van der Waals surface area contributed by atoms with E-state index < -0.39 is 0 Å². The molecule has 3 rings (SSSR count). The molecule has 0 atom stereocenters. The molecule has 1 aliphatic rings. The van der Waals surface area contributed by atoms with Crippen molar-refractivity contribution < 1.29 is 5.11 Å². The predicted octanol–water partition coefficient (Wildman–Crippen LogP) is 5.15. The maximum Gasteiger partial charge on any atom is 0.153 e. The van der Waals surface area contributed by atoms with E-state index in [1.165, 1.54) is 18.2 Å². The van der Waals surface area contributed by atoms with Crippen molar-refractivity contribution in [2.75, 3.05) is 18.0 Å². The average Bonchev–Trinajstić information content (AvgIpc) is 2.67. The lowest BCUT2D eigenvalue weighted by Gasteiger charge is -2.40. The molecule has 0 spiro atoms. The van der Waals surface area contributed by atoms with Gasteiger partial charge in [0.05, 0.1) is 17.3 Å². The molecule has 0 bridgehead atoms. The van der Waals surface area contributed by atoms with Crippen molar-refractivity contribution in [3.8, 4) is 0 Å². The van der Waals surface area contributed by atoms with Gasteiger partial charge >= 0.3 is 0 Å². The van der Waals surface area contributed by atoms with Crippen LogP contribution in [0, 0.1) is 12.3 Å². The number of anilines is 1. The minimum atomic E-state index is -0.150. The molecule has 27 heavy (non-hydrogen) atoms. The number of hydrogen-bond acceptors (Lipinski definition) is 6. The molecule has 8 heteroatoms. The highest BCUT2D eigenvalue weighted by atomic mass is 35.5. The molecule has 2 aromatic rings. The average molecular weight is 427 g/mol. The molecule has 1 N–H and O–H groups in total. The van der Waals surface area contributed by atoms with Crippen molar-refractivity contribution in [2.45, 2.75) is 56.6 Å². The highest BCUT2D eigenvalue weighted by Crippen LogP contribution is 2.39. The maximum absolute atomic E-state index is 9.88. The highest BCUT2D eigenvalue weighted by Gasteiger charge is 2.30. The highest BCUT2D eigenvalue weighted by molar-refractivity contribution is 7.99. The summed E-state index contributed by atoms with van der Waals surface area (Å²) in [5.41, 5.74) is 1.80. The molecule has 1 fully saturated rings. The Balaban J connectivity index is 1.87. The van der Waals surface area contributed by atoms with Crippen molar-refractivity contribution in [3.05, 3.63) is 33.8 Å². The van der Waals surface area contributed by atoms with Crippen LogP contribution in [0.4, 0.5) is 5.82 Å². The van der Waals surface area contributed by atoms with Crippen LogP contribution in [0.15, 0.2) is 22.2 Å². The zero-order chi connectivity index (χ0) is 19.6. The summed E-state index contributed by atoms with van der Waals surface area (Å²) in [6, 6.07) is 1.79. The van der Waals surface area contributed by atoms with Gasteiger partial charge < -0.3 is 10.0 Å². The summed E-state index contributed by atoms with van der Waals surface area (Å²) in [7, 11) is 0. The van der Waals surface area contributed by atoms with Gasteiger partial charge in [-0.15, -0.1) is 0 Å². The van der Waals surface area contributed by atoms with Gasteiger partial charge in [-0.3, -0.25) is 0 Å². The first-order chi connectivity index (χ1) is 12.9. The fourth-order valence-electron chi connectivity index (χ4n) is 3.18. The fourth-order valence-corrected chi connectivity index (χ4v) is 4.49. The molecule has 0 aromatic carbocycles. The van der Waals surface area contributed by atoms with E-state index in [2.05, 4.69) is 28.7 Å². The third kappa shape index (κ3) is 4.50. The zero-order valence-corrected chi connectivity index (χ0v) is 18.1. The first-order valence-corrected chi connectivity index (χ1v) is 10.7. The molecule has 0 amide bonds. The monoisotopic (exact) mass is 426 g/mol. The van der Waals surface area contributed by atoms with E-state index in [1.807, 2.05) is 6.92 Å². The largest absolute Gasteiger partial charge is 0.390 e. The Morgan fingerprint density at radius 3 is 2.59 bits per heavy atom. The van der Waals surface area contributed by atoms with Crippen LogP contribution in [-0.2, 0) is 6.61 Å². The number of rotatable bonds is 5. The number of aliphatic hydroxyl groups excluding tert-OH is 1. The number of aryl methyl sites for hydroxylation is 1. The molecule has 0 radical (unpaired) electrons. The third-order valence-electron chi connectivity index (χ3n) is 5.37. The van der Waals surface area contributed by atoms with E-state index in [-0.39, 0.29) is 11.8 Å². The Bertz CT molecular complexity index is 826. The molecule has 0 unspecified atom stereocenters.